The summed E-state index contributed by atoms with van der Waals surface area (Å²) in [5, 5.41) is 12.0. The molecule has 0 unspecified atom stereocenters. The standard InChI is InChI=1S/C14H15N5/c1-19(10-15)14-9-13(17-11-18-14)16-8-7-12-5-3-2-4-6-12/h2-6,9,11H,7-8H2,1H3,(H,16,17,18). The summed E-state index contributed by atoms with van der Waals surface area (Å²) in [6, 6.07) is 12.0. The van der Waals surface area contributed by atoms with E-state index in [4.69, 9.17) is 5.26 Å². The van der Waals surface area contributed by atoms with Gasteiger partial charge < -0.3 is 5.32 Å². The van der Waals surface area contributed by atoms with Crippen LogP contribution >= 0.6 is 0 Å². The van der Waals surface area contributed by atoms with Gasteiger partial charge in [0.15, 0.2) is 6.19 Å². The van der Waals surface area contributed by atoms with Crippen molar-refractivity contribution in [2.75, 3.05) is 23.8 Å². The fraction of sp³-hybridized carbons (Fsp3) is 0.214. The third-order valence-electron chi connectivity index (χ3n) is 2.71. The maximum atomic E-state index is 8.80. The second-order valence-electron chi connectivity index (χ2n) is 4.08. The lowest BCUT2D eigenvalue weighted by molar-refractivity contribution is 0.994. The fourth-order valence-electron chi connectivity index (χ4n) is 1.66. The molecule has 0 aliphatic rings. The van der Waals surface area contributed by atoms with Crippen molar-refractivity contribution in [1.29, 1.82) is 5.26 Å². The van der Waals surface area contributed by atoms with Gasteiger partial charge in [0.1, 0.15) is 18.0 Å². The van der Waals surface area contributed by atoms with Crippen molar-refractivity contribution in [2.24, 2.45) is 0 Å². The van der Waals surface area contributed by atoms with Gasteiger partial charge in [-0.05, 0) is 12.0 Å². The van der Waals surface area contributed by atoms with Crippen LogP contribution in [0.4, 0.5) is 11.6 Å². The first-order chi connectivity index (χ1) is 9.29. The topological polar surface area (TPSA) is 64.8 Å². The zero-order valence-corrected chi connectivity index (χ0v) is 10.7. The number of hydrogen-bond donors (Lipinski definition) is 1. The van der Waals surface area contributed by atoms with E-state index in [0.29, 0.717) is 5.82 Å². The molecule has 0 aliphatic heterocycles. The summed E-state index contributed by atoms with van der Waals surface area (Å²) in [5.41, 5.74) is 1.28. The van der Waals surface area contributed by atoms with Crippen molar-refractivity contribution in [3.8, 4) is 6.19 Å². The van der Waals surface area contributed by atoms with E-state index >= 15 is 0 Å². The second kappa shape index (κ2) is 6.36. The first kappa shape index (κ1) is 12.8. The lowest BCUT2D eigenvalue weighted by Crippen LogP contribution is -2.12. The molecule has 1 heterocycles. The van der Waals surface area contributed by atoms with Crippen molar-refractivity contribution >= 4 is 11.6 Å². The fourth-order valence-corrected chi connectivity index (χ4v) is 1.66. The molecular formula is C14H15N5. The van der Waals surface area contributed by atoms with Crippen molar-refractivity contribution < 1.29 is 0 Å². The minimum absolute atomic E-state index is 0.583. The maximum Gasteiger partial charge on any atom is 0.185 e. The molecule has 0 saturated heterocycles. The molecule has 0 bridgehead atoms. The molecule has 5 heteroatoms. The Morgan fingerprint density at radius 1 is 1.26 bits per heavy atom. The van der Waals surface area contributed by atoms with Crippen LogP contribution in [-0.2, 0) is 6.42 Å². The predicted molar refractivity (Wildman–Crippen MR) is 74.7 cm³/mol. The average Bonchev–Trinajstić information content (AvgIpc) is 2.48. The van der Waals surface area contributed by atoms with Crippen molar-refractivity contribution in [3.05, 3.63) is 48.3 Å². The van der Waals surface area contributed by atoms with Crippen LogP contribution in [0.1, 0.15) is 5.56 Å². The molecule has 2 aromatic rings. The summed E-state index contributed by atoms with van der Waals surface area (Å²) in [5.74, 6) is 1.31. The summed E-state index contributed by atoms with van der Waals surface area (Å²) >= 11 is 0. The highest BCUT2D eigenvalue weighted by Gasteiger charge is 2.02. The lowest BCUT2D eigenvalue weighted by Gasteiger charge is -2.10. The van der Waals surface area contributed by atoms with E-state index in [-0.39, 0.29) is 0 Å². The van der Waals surface area contributed by atoms with Gasteiger partial charge in [-0.15, -0.1) is 0 Å². The van der Waals surface area contributed by atoms with Crippen LogP contribution in [0.3, 0.4) is 0 Å². The highest BCUT2D eigenvalue weighted by molar-refractivity contribution is 5.50. The Bertz CT molecular complexity index is 562. The molecule has 0 atom stereocenters. The highest BCUT2D eigenvalue weighted by Crippen LogP contribution is 2.11. The van der Waals surface area contributed by atoms with E-state index in [1.54, 1.807) is 13.1 Å². The van der Waals surface area contributed by atoms with Gasteiger partial charge >= 0.3 is 0 Å². The number of nitriles is 1. The minimum atomic E-state index is 0.583. The van der Waals surface area contributed by atoms with Crippen LogP contribution in [0.2, 0.25) is 0 Å². The first-order valence-electron chi connectivity index (χ1n) is 6.03. The van der Waals surface area contributed by atoms with Crippen LogP contribution in [0.5, 0.6) is 0 Å². The Balaban J connectivity index is 1.91. The van der Waals surface area contributed by atoms with E-state index in [1.165, 1.54) is 16.8 Å². The molecular weight excluding hydrogens is 238 g/mol. The Morgan fingerprint density at radius 3 is 2.79 bits per heavy atom. The largest absolute Gasteiger partial charge is 0.370 e. The number of nitrogens with zero attached hydrogens (tertiary/aromatic N) is 4. The molecule has 1 aromatic heterocycles. The van der Waals surface area contributed by atoms with Gasteiger partial charge in [0.05, 0.1) is 0 Å². The summed E-state index contributed by atoms with van der Waals surface area (Å²) < 4.78 is 0. The molecule has 5 nitrogen and oxygen atoms in total. The van der Waals surface area contributed by atoms with Crippen LogP contribution in [0, 0.1) is 11.5 Å². The number of benzene rings is 1. The normalized spacial score (nSPS) is 9.68. The van der Waals surface area contributed by atoms with E-state index < -0.39 is 0 Å². The SMILES string of the molecule is CN(C#N)c1cc(NCCc2ccccc2)ncn1. The highest BCUT2D eigenvalue weighted by atomic mass is 15.2. The van der Waals surface area contributed by atoms with Gasteiger partial charge in [-0.3, -0.25) is 4.90 Å². The van der Waals surface area contributed by atoms with Crippen molar-refractivity contribution in [2.45, 2.75) is 6.42 Å². The van der Waals surface area contributed by atoms with E-state index in [1.807, 2.05) is 24.4 Å². The molecule has 19 heavy (non-hydrogen) atoms. The monoisotopic (exact) mass is 253 g/mol. The number of aromatic nitrogens is 2. The lowest BCUT2D eigenvalue weighted by atomic mass is 10.1. The van der Waals surface area contributed by atoms with Gasteiger partial charge in [0, 0.05) is 19.7 Å². The Hall–Kier alpha value is -2.61. The van der Waals surface area contributed by atoms with Crippen LogP contribution in [0.25, 0.3) is 0 Å². The van der Waals surface area contributed by atoms with Crippen molar-refractivity contribution in [3.63, 3.8) is 0 Å². The molecule has 0 spiro atoms. The maximum absolute atomic E-state index is 8.80. The Kier molecular flexibility index (Phi) is 4.29. The number of hydrogen-bond acceptors (Lipinski definition) is 5. The number of anilines is 2. The molecule has 0 radical (unpaired) electrons. The zero-order valence-electron chi connectivity index (χ0n) is 10.7. The third kappa shape index (κ3) is 3.68. The van der Waals surface area contributed by atoms with E-state index in [0.717, 1.165) is 18.8 Å². The molecule has 0 aliphatic carbocycles. The third-order valence-corrected chi connectivity index (χ3v) is 2.71. The second-order valence-corrected chi connectivity index (χ2v) is 4.08. The smallest absolute Gasteiger partial charge is 0.185 e. The van der Waals surface area contributed by atoms with Gasteiger partial charge in [0.25, 0.3) is 0 Å². The summed E-state index contributed by atoms with van der Waals surface area (Å²) in [6.45, 7) is 0.788. The van der Waals surface area contributed by atoms with Crippen LogP contribution in [0.15, 0.2) is 42.7 Å². The molecule has 96 valence electrons. The predicted octanol–water partition coefficient (Wildman–Crippen LogP) is 2.05. The molecule has 0 amide bonds. The summed E-state index contributed by atoms with van der Waals surface area (Å²) in [6.07, 6.45) is 4.38. The molecule has 1 aromatic carbocycles. The summed E-state index contributed by atoms with van der Waals surface area (Å²) in [7, 11) is 1.66. The quantitative estimate of drug-likeness (QED) is 0.652. The van der Waals surface area contributed by atoms with E-state index in [9.17, 15) is 0 Å². The molecule has 0 fully saturated rings. The van der Waals surface area contributed by atoms with Crippen LogP contribution < -0.4 is 10.2 Å². The molecule has 0 saturated carbocycles. The van der Waals surface area contributed by atoms with Gasteiger partial charge in [-0.2, -0.15) is 5.26 Å². The average molecular weight is 253 g/mol. The van der Waals surface area contributed by atoms with Crippen LogP contribution in [-0.4, -0.2) is 23.6 Å². The minimum Gasteiger partial charge on any atom is -0.370 e. The molecule has 1 N–H and O–H groups in total. The first-order valence-corrected chi connectivity index (χ1v) is 6.03. The van der Waals surface area contributed by atoms with Gasteiger partial charge in [-0.25, -0.2) is 9.97 Å². The number of rotatable bonds is 5. The Morgan fingerprint density at radius 2 is 2.05 bits per heavy atom. The number of nitrogens with one attached hydrogen (secondary N) is 1. The zero-order chi connectivity index (χ0) is 13.5. The molecule has 2 rings (SSSR count). The Labute approximate surface area is 112 Å². The van der Waals surface area contributed by atoms with E-state index in [2.05, 4.69) is 27.4 Å². The summed E-state index contributed by atoms with van der Waals surface area (Å²) in [4.78, 5) is 9.55. The van der Waals surface area contributed by atoms with Crippen molar-refractivity contribution in [1.82, 2.24) is 9.97 Å². The van der Waals surface area contributed by atoms with Gasteiger partial charge in [-0.1, -0.05) is 30.3 Å². The van der Waals surface area contributed by atoms with Gasteiger partial charge in [0.2, 0.25) is 0 Å².